The second-order valence-electron chi connectivity index (χ2n) is 5.09. The van der Waals surface area contributed by atoms with E-state index >= 15 is 0 Å². The van der Waals surface area contributed by atoms with E-state index in [9.17, 15) is 4.79 Å². The SMILES string of the molecule is CCN(C(=O)CCc1cccn1C)c1cccc(C)c1. The topological polar surface area (TPSA) is 25.2 Å². The van der Waals surface area contributed by atoms with Crippen molar-refractivity contribution < 1.29 is 4.79 Å². The molecule has 0 aliphatic rings. The number of hydrogen-bond acceptors (Lipinski definition) is 1. The van der Waals surface area contributed by atoms with Crippen molar-refractivity contribution >= 4 is 11.6 Å². The zero-order valence-corrected chi connectivity index (χ0v) is 12.5. The lowest BCUT2D eigenvalue weighted by Gasteiger charge is -2.21. The molecule has 20 heavy (non-hydrogen) atoms. The molecule has 0 atom stereocenters. The zero-order valence-electron chi connectivity index (χ0n) is 12.5. The smallest absolute Gasteiger partial charge is 0.227 e. The molecule has 2 rings (SSSR count). The summed E-state index contributed by atoms with van der Waals surface area (Å²) in [6.07, 6.45) is 3.34. The minimum Gasteiger partial charge on any atom is -0.354 e. The molecule has 0 fully saturated rings. The Hall–Kier alpha value is -2.03. The lowest BCUT2D eigenvalue weighted by Crippen LogP contribution is -2.30. The van der Waals surface area contributed by atoms with Crippen LogP contribution in [-0.2, 0) is 18.3 Å². The largest absolute Gasteiger partial charge is 0.354 e. The molecule has 2 aromatic rings. The van der Waals surface area contributed by atoms with E-state index < -0.39 is 0 Å². The number of benzene rings is 1. The average molecular weight is 270 g/mol. The van der Waals surface area contributed by atoms with Crippen molar-refractivity contribution in [2.45, 2.75) is 26.7 Å². The van der Waals surface area contributed by atoms with Crippen LogP contribution >= 0.6 is 0 Å². The van der Waals surface area contributed by atoms with Gasteiger partial charge in [-0.3, -0.25) is 4.79 Å². The van der Waals surface area contributed by atoms with E-state index in [-0.39, 0.29) is 5.91 Å². The number of amides is 1. The standard InChI is InChI=1S/C17H22N2O/c1-4-19(16-8-5-7-14(2)13-16)17(20)11-10-15-9-6-12-18(15)3/h5-9,12-13H,4,10-11H2,1-3H3. The van der Waals surface area contributed by atoms with Gasteiger partial charge in [0.25, 0.3) is 0 Å². The van der Waals surface area contributed by atoms with Gasteiger partial charge in [-0.25, -0.2) is 0 Å². The number of nitrogens with zero attached hydrogens (tertiary/aromatic N) is 2. The molecule has 0 aliphatic heterocycles. The van der Waals surface area contributed by atoms with Gasteiger partial charge < -0.3 is 9.47 Å². The Kier molecular flexibility index (Phi) is 4.61. The summed E-state index contributed by atoms with van der Waals surface area (Å²) in [5.74, 6) is 0.180. The van der Waals surface area contributed by atoms with Crippen LogP contribution < -0.4 is 4.90 Å². The second-order valence-corrected chi connectivity index (χ2v) is 5.09. The first-order chi connectivity index (χ1) is 9.61. The number of carbonyl (C=O) groups excluding carboxylic acids is 1. The Morgan fingerprint density at radius 2 is 2.05 bits per heavy atom. The van der Waals surface area contributed by atoms with Gasteiger partial charge in [-0.2, -0.15) is 0 Å². The van der Waals surface area contributed by atoms with Crippen molar-refractivity contribution in [3.05, 3.63) is 53.9 Å². The van der Waals surface area contributed by atoms with Crippen LogP contribution in [0.25, 0.3) is 0 Å². The van der Waals surface area contributed by atoms with E-state index in [0.717, 1.165) is 12.1 Å². The third-order valence-corrected chi connectivity index (χ3v) is 3.58. The van der Waals surface area contributed by atoms with Crippen LogP contribution in [0.3, 0.4) is 0 Å². The summed E-state index contributed by atoms with van der Waals surface area (Å²) in [4.78, 5) is 14.3. The summed E-state index contributed by atoms with van der Waals surface area (Å²) in [6, 6.07) is 12.2. The van der Waals surface area contributed by atoms with Gasteiger partial charge in [0, 0.05) is 37.6 Å². The summed E-state index contributed by atoms with van der Waals surface area (Å²) in [6.45, 7) is 4.77. The van der Waals surface area contributed by atoms with E-state index in [0.29, 0.717) is 13.0 Å². The molecule has 0 N–H and O–H groups in total. The molecule has 1 amide bonds. The van der Waals surface area contributed by atoms with E-state index in [1.165, 1.54) is 11.3 Å². The molecule has 3 nitrogen and oxygen atoms in total. The number of carbonyl (C=O) groups is 1. The summed E-state index contributed by atoms with van der Waals surface area (Å²) in [7, 11) is 2.01. The van der Waals surface area contributed by atoms with Crippen molar-refractivity contribution in [1.29, 1.82) is 0 Å². The highest BCUT2D eigenvalue weighted by molar-refractivity contribution is 5.93. The Morgan fingerprint density at radius 1 is 1.25 bits per heavy atom. The van der Waals surface area contributed by atoms with E-state index in [4.69, 9.17) is 0 Å². The molecule has 0 radical (unpaired) electrons. The Bertz CT molecular complexity index is 586. The van der Waals surface area contributed by atoms with Crippen LogP contribution in [-0.4, -0.2) is 17.0 Å². The van der Waals surface area contributed by atoms with Crippen LogP contribution in [0.15, 0.2) is 42.6 Å². The zero-order chi connectivity index (χ0) is 14.5. The first-order valence-electron chi connectivity index (χ1n) is 7.09. The van der Waals surface area contributed by atoms with Crippen molar-refractivity contribution in [3.8, 4) is 0 Å². The summed E-state index contributed by atoms with van der Waals surface area (Å²) < 4.78 is 2.07. The van der Waals surface area contributed by atoms with Crippen LogP contribution in [0.5, 0.6) is 0 Å². The highest BCUT2D eigenvalue weighted by atomic mass is 16.2. The molecule has 1 aromatic heterocycles. The molecule has 0 saturated carbocycles. The fraction of sp³-hybridized carbons (Fsp3) is 0.353. The Labute approximate surface area is 120 Å². The Morgan fingerprint density at radius 3 is 2.65 bits per heavy atom. The van der Waals surface area contributed by atoms with Gasteiger partial charge >= 0.3 is 0 Å². The molecule has 3 heteroatoms. The molecule has 1 aromatic carbocycles. The summed E-state index contributed by atoms with van der Waals surface area (Å²) in [5, 5.41) is 0. The maximum atomic E-state index is 12.4. The van der Waals surface area contributed by atoms with Crippen LogP contribution in [0.2, 0.25) is 0 Å². The molecule has 0 unspecified atom stereocenters. The minimum atomic E-state index is 0.180. The molecular weight excluding hydrogens is 248 g/mol. The fourth-order valence-electron chi connectivity index (χ4n) is 2.42. The lowest BCUT2D eigenvalue weighted by atomic mass is 10.1. The molecule has 0 aliphatic carbocycles. The third-order valence-electron chi connectivity index (χ3n) is 3.58. The summed E-state index contributed by atoms with van der Waals surface area (Å²) >= 11 is 0. The van der Waals surface area contributed by atoms with E-state index in [1.807, 2.05) is 56.3 Å². The lowest BCUT2D eigenvalue weighted by molar-refractivity contribution is -0.118. The quantitative estimate of drug-likeness (QED) is 0.818. The normalized spacial score (nSPS) is 10.6. The predicted octanol–water partition coefficient (Wildman–Crippen LogP) is 3.32. The van der Waals surface area contributed by atoms with E-state index in [1.54, 1.807) is 0 Å². The first kappa shape index (κ1) is 14.4. The summed E-state index contributed by atoms with van der Waals surface area (Å²) in [5.41, 5.74) is 3.36. The second kappa shape index (κ2) is 6.42. The van der Waals surface area contributed by atoms with Crippen LogP contribution in [0.1, 0.15) is 24.6 Å². The van der Waals surface area contributed by atoms with Crippen molar-refractivity contribution in [2.75, 3.05) is 11.4 Å². The number of aromatic nitrogens is 1. The van der Waals surface area contributed by atoms with Crippen molar-refractivity contribution in [1.82, 2.24) is 4.57 Å². The monoisotopic (exact) mass is 270 g/mol. The van der Waals surface area contributed by atoms with Gasteiger partial charge in [0.15, 0.2) is 0 Å². The van der Waals surface area contributed by atoms with E-state index in [2.05, 4.69) is 16.7 Å². The molecular formula is C17H22N2O. The van der Waals surface area contributed by atoms with Gasteiger partial charge in [0.2, 0.25) is 5.91 Å². The molecule has 1 heterocycles. The van der Waals surface area contributed by atoms with Gasteiger partial charge in [-0.15, -0.1) is 0 Å². The maximum Gasteiger partial charge on any atom is 0.227 e. The number of anilines is 1. The maximum absolute atomic E-state index is 12.4. The first-order valence-corrected chi connectivity index (χ1v) is 7.09. The van der Waals surface area contributed by atoms with Gasteiger partial charge in [-0.05, 0) is 50.1 Å². The van der Waals surface area contributed by atoms with Crippen LogP contribution in [0.4, 0.5) is 5.69 Å². The van der Waals surface area contributed by atoms with Gasteiger partial charge in [0.1, 0.15) is 0 Å². The van der Waals surface area contributed by atoms with Crippen molar-refractivity contribution in [2.24, 2.45) is 7.05 Å². The van der Waals surface area contributed by atoms with Crippen molar-refractivity contribution in [3.63, 3.8) is 0 Å². The average Bonchev–Trinajstić information content (AvgIpc) is 2.83. The van der Waals surface area contributed by atoms with Gasteiger partial charge in [-0.1, -0.05) is 12.1 Å². The minimum absolute atomic E-state index is 0.180. The van der Waals surface area contributed by atoms with Crippen LogP contribution in [0, 0.1) is 6.92 Å². The van der Waals surface area contributed by atoms with Gasteiger partial charge in [0.05, 0.1) is 0 Å². The molecule has 0 bridgehead atoms. The molecule has 0 spiro atoms. The highest BCUT2D eigenvalue weighted by Gasteiger charge is 2.14. The number of aryl methyl sites for hydroxylation is 3. The number of rotatable bonds is 5. The third kappa shape index (κ3) is 3.29. The molecule has 0 saturated heterocycles. The number of hydrogen-bond donors (Lipinski definition) is 0. The molecule has 106 valence electrons. The highest BCUT2D eigenvalue weighted by Crippen LogP contribution is 2.17. The predicted molar refractivity (Wildman–Crippen MR) is 82.9 cm³/mol. The Balaban J connectivity index is 2.04. The fourth-order valence-corrected chi connectivity index (χ4v) is 2.42.